The Balaban J connectivity index is 2.25. The van der Waals surface area contributed by atoms with Crippen molar-refractivity contribution in [3.05, 3.63) is 70.4 Å². The number of rotatable bonds is 5. The van der Waals surface area contributed by atoms with Gasteiger partial charge in [-0.2, -0.15) is 0 Å². The maximum atomic E-state index is 13.8. The minimum atomic E-state index is -0.535. The molecule has 0 aliphatic carbocycles. The Kier molecular flexibility index (Phi) is 5.65. The molecule has 7 heteroatoms. The quantitative estimate of drug-likeness (QED) is 0.632. The molecular formula is C17H15ClFN3O2. The first kappa shape index (κ1) is 17.6. The molecule has 1 aromatic heterocycles. The molecule has 0 fully saturated rings. The molecule has 0 unspecified atom stereocenters. The van der Waals surface area contributed by atoms with E-state index in [1.165, 1.54) is 43.8 Å². The third kappa shape index (κ3) is 4.17. The molecule has 2 N–H and O–H groups in total. The van der Waals surface area contributed by atoms with Gasteiger partial charge >= 0.3 is 5.97 Å². The summed E-state index contributed by atoms with van der Waals surface area (Å²) in [5.74, 6) is -1.07. The third-order valence-corrected chi connectivity index (χ3v) is 3.37. The first-order chi connectivity index (χ1) is 11.4. The summed E-state index contributed by atoms with van der Waals surface area (Å²) < 4.78 is 18.5. The van der Waals surface area contributed by atoms with E-state index in [2.05, 4.69) is 10.3 Å². The van der Waals surface area contributed by atoms with Crippen LogP contribution in [0.2, 0.25) is 5.02 Å². The predicted molar refractivity (Wildman–Crippen MR) is 91.2 cm³/mol. The Morgan fingerprint density at radius 3 is 2.83 bits per heavy atom. The molecule has 0 saturated heterocycles. The van der Waals surface area contributed by atoms with Crippen LogP contribution >= 0.6 is 11.6 Å². The number of methoxy groups -OCH3 is 1. The molecule has 124 valence electrons. The van der Waals surface area contributed by atoms with Gasteiger partial charge in [-0.1, -0.05) is 11.6 Å². The normalized spacial score (nSPS) is 11.1. The van der Waals surface area contributed by atoms with Gasteiger partial charge in [-0.05, 0) is 37.3 Å². The van der Waals surface area contributed by atoms with E-state index in [9.17, 15) is 9.18 Å². The number of anilines is 1. The summed E-state index contributed by atoms with van der Waals surface area (Å²) in [7, 11) is 1.28. The van der Waals surface area contributed by atoms with Gasteiger partial charge in [0.05, 0.1) is 18.5 Å². The first-order valence-corrected chi connectivity index (χ1v) is 7.31. The second-order valence-corrected chi connectivity index (χ2v) is 5.34. The fraction of sp³-hybridized carbons (Fsp3) is 0.118. The van der Waals surface area contributed by atoms with Crippen molar-refractivity contribution in [2.24, 2.45) is 0 Å². The molecule has 1 heterocycles. The lowest BCUT2D eigenvalue weighted by Gasteiger charge is -2.11. The zero-order valence-corrected chi connectivity index (χ0v) is 13.8. The topological polar surface area (TPSA) is 75.1 Å². The summed E-state index contributed by atoms with van der Waals surface area (Å²) in [4.78, 5) is 15.6. The summed E-state index contributed by atoms with van der Waals surface area (Å²) >= 11 is 5.84. The second kappa shape index (κ2) is 7.70. The van der Waals surface area contributed by atoms with E-state index in [0.29, 0.717) is 16.4 Å². The largest absolute Gasteiger partial charge is 0.465 e. The van der Waals surface area contributed by atoms with Gasteiger partial charge < -0.3 is 15.5 Å². The maximum Gasteiger partial charge on any atom is 0.341 e. The number of nitrogens with one attached hydrogen (secondary N) is 2. The predicted octanol–water partition coefficient (Wildman–Crippen LogP) is 4.04. The minimum Gasteiger partial charge on any atom is -0.465 e. The zero-order chi connectivity index (χ0) is 17.7. The van der Waals surface area contributed by atoms with Gasteiger partial charge in [0.2, 0.25) is 0 Å². The van der Waals surface area contributed by atoms with Crippen molar-refractivity contribution in [2.45, 2.75) is 6.92 Å². The van der Waals surface area contributed by atoms with Crippen molar-refractivity contribution in [1.29, 1.82) is 5.41 Å². The highest BCUT2D eigenvalue weighted by Crippen LogP contribution is 2.19. The smallest absolute Gasteiger partial charge is 0.341 e. The van der Waals surface area contributed by atoms with Crippen LogP contribution in [0.1, 0.15) is 22.8 Å². The van der Waals surface area contributed by atoms with Crippen LogP contribution < -0.4 is 5.32 Å². The van der Waals surface area contributed by atoms with E-state index in [0.717, 1.165) is 0 Å². The highest BCUT2D eigenvalue weighted by molar-refractivity contribution is 6.31. The van der Waals surface area contributed by atoms with Gasteiger partial charge in [0.1, 0.15) is 11.4 Å². The van der Waals surface area contributed by atoms with E-state index in [4.69, 9.17) is 21.7 Å². The van der Waals surface area contributed by atoms with Crippen molar-refractivity contribution in [3.8, 4) is 0 Å². The molecule has 2 aromatic rings. The van der Waals surface area contributed by atoms with Crippen molar-refractivity contribution in [1.82, 2.24) is 4.98 Å². The number of esters is 1. The molecule has 0 aliphatic rings. The standard InChI is InChI=1S/C17H15ClFN3O2/c1-10(7-15(20)12-8-11(18)3-4-14(12)19)22-16-5-6-21-9-13(16)17(23)24-2/h3-9,20H,1-2H3,(H,21,22)/b10-7+,20-15?. The average Bonchev–Trinajstić information content (AvgIpc) is 2.56. The summed E-state index contributed by atoms with van der Waals surface area (Å²) in [6.07, 6.45) is 4.34. The molecule has 0 bridgehead atoms. The lowest BCUT2D eigenvalue weighted by atomic mass is 10.1. The van der Waals surface area contributed by atoms with Gasteiger partial charge in [0, 0.05) is 28.7 Å². The molecule has 0 saturated carbocycles. The number of carbonyl (C=O) groups excluding carboxylic acids is 1. The zero-order valence-electron chi connectivity index (χ0n) is 13.1. The van der Waals surface area contributed by atoms with Gasteiger partial charge in [-0.3, -0.25) is 4.98 Å². The second-order valence-electron chi connectivity index (χ2n) is 4.90. The summed E-state index contributed by atoms with van der Waals surface area (Å²) in [6, 6.07) is 5.62. The minimum absolute atomic E-state index is 0.0475. The molecule has 24 heavy (non-hydrogen) atoms. The maximum absolute atomic E-state index is 13.8. The summed E-state index contributed by atoms with van der Waals surface area (Å²) in [5, 5.41) is 11.3. The lowest BCUT2D eigenvalue weighted by molar-refractivity contribution is 0.0601. The van der Waals surface area contributed by atoms with E-state index in [1.807, 2.05) is 0 Å². The van der Waals surface area contributed by atoms with Crippen LogP contribution in [0, 0.1) is 11.2 Å². The number of carbonyl (C=O) groups is 1. The van der Waals surface area contributed by atoms with Crippen LogP contribution in [0.4, 0.5) is 10.1 Å². The molecule has 0 atom stereocenters. The number of ether oxygens (including phenoxy) is 1. The van der Waals surface area contributed by atoms with E-state index >= 15 is 0 Å². The highest BCUT2D eigenvalue weighted by atomic mass is 35.5. The highest BCUT2D eigenvalue weighted by Gasteiger charge is 2.12. The van der Waals surface area contributed by atoms with Crippen molar-refractivity contribution in [2.75, 3.05) is 12.4 Å². The SMILES string of the molecule is COC(=O)c1cnccc1N/C(C)=C/C(=N)c1cc(Cl)ccc1F. The number of halogens is 2. The fourth-order valence-corrected chi connectivity index (χ4v) is 2.19. The lowest BCUT2D eigenvalue weighted by Crippen LogP contribution is -2.09. The third-order valence-electron chi connectivity index (χ3n) is 3.14. The number of hydrogen-bond donors (Lipinski definition) is 2. The van der Waals surface area contributed by atoms with Crippen molar-refractivity contribution >= 4 is 29.0 Å². The Bertz CT molecular complexity index is 821. The first-order valence-electron chi connectivity index (χ1n) is 6.94. The van der Waals surface area contributed by atoms with Gasteiger partial charge in [0.25, 0.3) is 0 Å². The molecule has 5 nitrogen and oxygen atoms in total. The Labute approximate surface area is 143 Å². The average molecular weight is 348 g/mol. The number of nitrogens with zero attached hydrogens (tertiary/aromatic N) is 1. The van der Waals surface area contributed by atoms with Crippen LogP contribution in [-0.4, -0.2) is 23.8 Å². The number of benzene rings is 1. The van der Waals surface area contributed by atoms with Crippen LogP contribution in [-0.2, 0) is 4.74 Å². The van der Waals surface area contributed by atoms with E-state index in [1.54, 1.807) is 13.0 Å². The van der Waals surface area contributed by atoms with E-state index in [-0.39, 0.29) is 16.8 Å². The summed E-state index contributed by atoms with van der Waals surface area (Å²) in [5.41, 5.74) is 1.31. The molecule has 0 aliphatic heterocycles. The molecular weight excluding hydrogens is 333 g/mol. The van der Waals surface area contributed by atoms with Crippen molar-refractivity contribution < 1.29 is 13.9 Å². The van der Waals surface area contributed by atoms with Gasteiger partial charge in [0.15, 0.2) is 0 Å². The molecule has 0 radical (unpaired) electrons. The number of aromatic nitrogens is 1. The van der Waals surface area contributed by atoms with Crippen LogP contribution in [0.3, 0.4) is 0 Å². The van der Waals surface area contributed by atoms with Crippen LogP contribution in [0.5, 0.6) is 0 Å². The van der Waals surface area contributed by atoms with Crippen molar-refractivity contribution in [3.63, 3.8) is 0 Å². The molecule has 2 rings (SSSR count). The van der Waals surface area contributed by atoms with E-state index < -0.39 is 11.8 Å². The summed E-state index contributed by atoms with van der Waals surface area (Å²) in [6.45, 7) is 1.69. The number of hydrogen-bond acceptors (Lipinski definition) is 5. The molecule has 0 amide bonds. The fourth-order valence-electron chi connectivity index (χ4n) is 2.02. The molecule has 1 aromatic carbocycles. The van der Waals surface area contributed by atoms with Gasteiger partial charge in [-0.25, -0.2) is 9.18 Å². The number of allylic oxidation sites excluding steroid dienone is 2. The monoisotopic (exact) mass is 347 g/mol. The Morgan fingerprint density at radius 2 is 2.12 bits per heavy atom. The Hall–Kier alpha value is -2.73. The van der Waals surface area contributed by atoms with Crippen LogP contribution in [0.15, 0.2) is 48.4 Å². The molecule has 0 spiro atoms. The van der Waals surface area contributed by atoms with Gasteiger partial charge in [-0.15, -0.1) is 0 Å². The number of pyridine rings is 1. The Morgan fingerprint density at radius 1 is 1.38 bits per heavy atom. The van der Waals surface area contributed by atoms with Crippen LogP contribution in [0.25, 0.3) is 0 Å².